The largest absolute Gasteiger partial charge is 0.480 e. The van der Waals surface area contributed by atoms with Gasteiger partial charge in [0.05, 0.1) is 6.42 Å². The van der Waals surface area contributed by atoms with Gasteiger partial charge < -0.3 is 10.0 Å². The summed E-state index contributed by atoms with van der Waals surface area (Å²) in [5.74, 6) is -1.20. The monoisotopic (exact) mass is 281 g/mol. The normalized spacial score (nSPS) is 11.3. The first-order valence-electron chi connectivity index (χ1n) is 5.07. The molecule has 0 radical (unpaired) electrons. The Bertz CT molecular complexity index is 423. The van der Waals surface area contributed by atoms with Crippen molar-refractivity contribution in [3.63, 3.8) is 0 Å². The van der Waals surface area contributed by atoms with Crippen LogP contribution in [0.4, 0.5) is 18.9 Å². The minimum atomic E-state index is -4.32. The number of hydrogen-bond acceptors (Lipinski definition) is 2. The summed E-state index contributed by atoms with van der Waals surface area (Å²) in [7, 11) is 0. The minimum Gasteiger partial charge on any atom is -0.480 e. The number of anilines is 1. The molecule has 0 fully saturated rings. The Morgan fingerprint density at radius 2 is 2.06 bits per heavy atom. The quantitative estimate of drug-likeness (QED) is 0.901. The summed E-state index contributed by atoms with van der Waals surface area (Å²) in [6.07, 6.45) is -5.40. The maximum Gasteiger partial charge on any atom is 0.390 e. The average Bonchev–Trinajstić information content (AvgIpc) is 2.22. The number of hydrogen-bond donors (Lipinski definition) is 1. The van der Waals surface area contributed by atoms with Gasteiger partial charge in [-0.15, -0.1) is 0 Å². The van der Waals surface area contributed by atoms with Gasteiger partial charge in [-0.05, 0) is 18.2 Å². The SMILES string of the molecule is O=C(O)CN(CCC(F)(F)F)c1cccc(Cl)c1. The van der Waals surface area contributed by atoms with Crippen LogP contribution in [0.5, 0.6) is 0 Å². The van der Waals surface area contributed by atoms with Gasteiger partial charge in [-0.25, -0.2) is 0 Å². The number of halogens is 4. The molecule has 18 heavy (non-hydrogen) atoms. The standard InChI is InChI=1S/C11H11ClF3NO2/c12-8-2-1-3-9(6-8)16(7-10(17)18)5-4-11(13,14)15/h1-3,6H,4-5,7H2,(H,17,18). The highest BCUT2D eigenvalue weighted by Crippen LogP contribution is 2.24. The summed E-state index contributed by atoms with van der Waals surface area (Å²) in [5.41, 5.74) is 0.356. The number of alkyl halides is 3. The minimum absolute atomic E-state index is 0.342. The molecule has 0 unspecified atom stereocenters. The maximum atomic E-state index is 12.1. The second-order valence-electron chi connectivity index (χ2n) is 3.66. The number of carboxylic acid groups (broad SMARTS) is 1. The van der Waals surface area contributed by atoms with Crippen LogP contribution >= 0.6 is 11.6 Å². The van der Waals surface area contributed by atoms with Crippen molar-refractivity contribution in [2.45, 2.75) is 12.6 Å². The van der Waals surface area contributed by atoms with Gasteiger partial charge in [0.25, 0.3) is 0 Å². The molecule has 0 aliphatic heterocycles. The van der Waals surface area contributed by atoms with Crippen LogP contribution in [0.2, 0.25) is 5.02 Å². The fourth-order valence-electron chi connectivity index (χ4n) is 1.40. The fraction of sp³-hybridized carbons (Fsp3) is 0.364. The van der Waals surface area contributed by atoms with E-state index in [1.807, 2.05) is 0 Å². The molecule has 0 saturated heterocycles. The van der Waals surface area contributed by atoms with E-state index < -0.39 is 31.7 Å². The summed E-state index contributed by atoms with van der Waals surface area (Å²) < 4.78 is 36.4. The predicted molar refractivity (Wildman–Crippen MR) is 62.0 cm³/mol. The molecule has 1 aromatic carbocycles. The Kier molecular flexibility index (Phi) is 4.84. The van der Waals surface area contributed by atoms with Gasteiger partial charge in [-0.1, -0.05) is 17.7 Å². The van der Waals surface area contributed by atoms with Crippen LogP contribution in [0.25, 0.3) is 0 Å². The third-order valence-electron chi connectivity index (χ3n) is 2.16. The van der Waals surface area contributed by atoms with E-state index in [1.54, 1.807) is 12.1 Å². The molecule has 0 aliphatic rings. The van der Waals surface area contributed by atoms with Crippen LogP contribution in [-0.4, -0.2) is 30.3 Å². The third kappa shape index (κ3) is 5.27. The van der Waals surface area contributed by atoms with Crippen molar-refractivity contribution in [1.29, 1.82) is 0 Å². The lowest BCUT2D eigenvalue weighted by molar-refractivity contribution is -0.137. The molecule has 1 N–H and O–H groups in total. The van der Waals surface area contributed by atoms with Gasteiger partial charge in [0.2, 0.25) is 0 Å². The average molecular weight is 282 g/mol. The lowest BCUT2D eigenvalue weighted by Crippen LogP contribution is -2.33. The Morgan fingerprint density at radius 3 is 2.56 bits per heavy atom. The molecule has 0 spiro atoms. The number of rotatable bonds is 5. The summed E-state index contributed by atoms with van der Waals surface area (Å²) in [6.45, 7) is -0.924. The van der Waals surface area contributed by atoms with Crippen LogP contribution in [0.3, 0.4) is 0 Å². The van der Waals surface area contributed by atoms with E-state index in [0.29, 0.717) is 10.7 Å². The molecule has 3 nitrogen and oxygen atoms in total. The highest BCUT2D eigenvalue weighted by Gasteiger charge is 2.28. The molecule has 0 aliphatic carbocycles. The topological polar surface area (TPSA) is 40.5 Å². The van der Waals surface area contributed by atoms with E-state index in [0.717, 1.165) is 4.90 Å². The highest BCUT2D eigenvalue weighted by atomic mass is 35.5. The van der Waals surface area contributed by atoms with Crippen LogP contribution < -0.4 is 4.90 Å². The molecular formula is C11H11ClF3NO2. The lowest BCUT2D eigenvalue weighted by atomic mass is 10.2. The fourth-order valence-corrected chi connectivity index (χ4v) is 1.58. The van der Waals surface area contributed by atoms with Crippen molar-refractivity contribution < 1.29 is 23.1 Å². The van der Waals surface area contributed by atoms with E-state index in [4.69, 9.17) is 16.7 Å². The van der Waals surface area contributed by atoms with E-state index in [1.165, 1.54) is 12.1 Å². The first-order chi connectivity index (χ1) is 8.28. The predicted octanol–water partition coefficient (Wildman–Crippen LogP) is 3.18. The molecule has 0 saturated carbocycles. The summed E-state index contributed by atoms with van der Waals surface area (Å²) >= 11 is 5.72. The summed E-state index contributed by atoms with van der Waals surface area (Å²) in [5, 5.41) is 9.03. The molecule has 7 heteroatoms. The van der Waals surface area contributed by atoms with Crippen LogP contribution in [-0.2, 0) is 4.79 Å². The molecule has 0 bridgehead atoms. The van der Waals surface area contributed by atoms with Gasteiger partial charge in [-0.2, -0.15) is 13.2 Å². The molecule has 1 rings (SSSR count). The molecule has 0 amide bonds. The van der Waals surface area contributed by atoms with Crippen LogP contribution in [0, 0.1) is 0 Å². The second-order valence-corrected chi connectivity index (χ2v) is 4.10. The third-order valence-corrected chi connectivity index (χ3v) is 2.40. The van der Waals surface area contributed by atoms with Crippen LogP contribution in [0.1, 0.15) is 6.42 Å². The Labute approximate surface area is 107 Å². The van der Waals surface area contributed by atoms with Crippen LogP contribution in [0.15, 0.2) is 24.3 Å². The molecular weight excluding hydrogens is 271 g/mol. The van der Waals surface area contributed by atoms with E-state index in [9.17, 15) is 18.0 Å². The Balaban J connectivity index is 2.81. The van der Waals surface area contributed by atoms with Crippen molar-refractivity contribution in [3.05, 3.63) is 29.3 Å². The summed E-state index contributed by atoms with van der Waals surface area (Å²) in [4.78, 5) is 11.8. The molecule has 1 aromatic rings. The first kappa shape index (κ1) is 14.6. The van der Waals surface area contributed by atoms with E-state index in [2.05, 4.69) is 0 Å². The highest BCUT2D eigenvalue weighted by molar-refractivity contribution is 6.30. The van der Waals surface area contributed by atoms with Crippen molar-refractivity contribution in [3.8, 4) is 0 Å². The van der Waals surface area contributed by atoms with Gasteiger partial charge in [0.15, 0.2) is 0 Å². The summed E-state index contributed by atoms with van der Waals surface area (Å²) in [6, 6.07) is 6.07. The molecule has 0 atom stereocenters. The number of aliphatic carboxylic acids is 1. The second kappa shape index (κ2) is 5.95. The van der Waals surface area contributed by atoms with Gasteiger partial charge in [0, 0.05) is 17.3 Å². The molecule has 0 heterocycles. The zero-order valence-electron chi connectivity index (χ0n) is 9.25. The zero-order valence-corrected chi connectivity index (χ0v) is 10.0. The number of carbonyl (C=O) groups is 1. The number of nitrogens with zero attached hydrogens (tertiary/aromatic N) is 1. The van der Waals surface area contributed by atoms with Gasteiger partial charge in [-0.3, -0.25) is 4.79 Å². The van der Waals surface area contributed by atoms with Crippen molar-refractivity contribution in [1.82, 2.24) is 0 Å². The number of carboxylic acids is 1. The lowest BCUT2D eigenvalue weighted by Gasteiger charge is -2.23. The van der Waals surface area contributed by atoms with Crippen molar-refractivity contribution in [2.75, 3.05) is 18.0 Å². The Morgan fingerprint density at radius 1 is 1.39 bits per heavy atom. The first-order valence-corrected chi connectivity index (χ1v) is 5.45. The van der Waals surface area contributed by atoms with Crippen molar-refractivity contribution >= 4 is 23.3 Å². The Hall–Kier alpha value is -1.43. The van der Waals surface area contributed by atoms with Gasteiger partial charge in [0.1, 0.15) is 6.54 Å². The zero-order chi connectivity index (χ0) is 13.8. The van der Waals surface area contributed by atoms with Crippen molar-refractivity contribution in [2.24, 2.45) is 0 Å². The smallest absolute Gasteiger partial charge is 0.390 e. The van der Waals surface area contributed by atoms with E-state index in [-0.39, 0.29) is 0 Å². The maximum absolute atomic E-state index is 12.1. The molecule has 0 aromatic heterocycles. The molecule has 100 valence electrons. The van der Waals surface area contributed by atoms with E-state index >= 15 is 0 Å². The van der Waals surface area contributed by atoms with Gasteiger partial charge >= 0.3 is 12.1 Å². The number of benzene rings is 1.